The van der Waals surface area contributed by atoms with Crippen molar-refractivity contribution < 1.29 is 0 Å². The maximum absolute atomic E-state index is 4.16. The Bertz CT molecular complexity index is 257. The van der Waals surface area contributed by atoms with E-state index >= 15 is 0 Å². The molecule has 1 heterocycles. The van der Waals surface area contributed by atoms with E-state index < -0.39 is 0 Å². The number of aromatic nitrogens is 3. The molecule has 3 nitrogen and oxygen atoms in total. The summed E-state index contributed by atoms with van der Waals surface area (Å²) in [5, 5.41) is 8.08. The fourth-order valence-corrected chi connectivity index (χ4v) is 2.64. The van der Waals surface area contributed by atoms with Crippen molar-refractivity contribution in [2.45, 2.75) is 70.3 Å². The van der Waals surface area contributed by atoms with Crippen molar-refractivity contribution in [2.75, 3.05) is 0 Å². The lowest BCUT2D eigenvalue weighted by Crippen LogP contribution is -2.10. The molecule has 0 aliphatic heterocycles. The molecule has 0 amide bonds. The van der Waals surface area contributed by atoms with E-state index in [9.17, 15) is 0 Å². The minimum Gasteiger partial charge on any atom is -0.250 e. The molecule has 3 heteroatoms. The average molecular weight is 221 g/mol. The van der Waals surface area contributed by atoms with Crippen molar-refractivity contribution in [1.82, 2.24) is 15.0 Å². The minimum atomic E-state index is 0.598. The first kappa shape index (κ1) is 11.6. The second-order valence-electron chi connectivity index (χ2n) is 4.94. The highest BCUT2D eigenvalue weighted by Gasteiger charge is 2.11. The molecule has 2 rings (SSSR count). The van der Waals surface area contributed by atoms with Gasteiger partial charge in [0, 0.05) is 6.20 Å². The molecule has 0 saturated heterocycles. The van der Waals surface area contributed by atoms with Crippen LogP contribution in [0.5, 0.6) is 0 Å². The highest BCUT2D eigenvalue weighted by Crippen LogP contribution is 2.23. The Labute approximate surface area is 98.2 Å². The van der Waals surface area contributed by atoms with Crippen LogP contribution < -0.4 is 0 Å². The number of hydrogen-bond acceptors (Lipinski definition) is 2. The first-order valence-electron chi connectivity index (χ1n) is 6.82. The van der Waals surface area contributed by atoms with E-state index in [1.165, 1.54) is 64.2 Å². The van der Waals surface area contributed by atoms with Gasteiger partial charge in [0.25, 0.3) is 0 Å². The van der Waals surface area contributed by atoms with Gasteiger partial charge in [0.05, 0.1) is 12.2 Å². The molecule has 1 fully saturated rings. The molecule has 1 aromatic heterocycles. The van der Waals surface area contributed by atoms with Crippen LogP contribution in [0, 0.1) is 0 Å². The fourth-order valence-electron chi connectivity index (χ4n) is 2.64. The van der Waals surface area contributed by atoms with Crippen LogP contribution in [-0.4, -0.2) is 15.0 Å². The summed E-state index contributed by atoms with van der Waals surface area (Å²) in [4.78, 5) is 0. The van der Waals surface area contributed by atoms with Gasteiger partial charge in [-0.1, -0.05) is 56.6 Å². The lowest BCUT2D eigenvalue weighted by Gasteiger charge is -2.16. The van der Waals surface area contributed by atoms with Gasteiger partial charge in [-0.15, -0.1) is 5.10 Å². The largest absolute Gasteiger partial charge is 0.250 e. The lowest BCUT2D eigenvalue weighted by atomic mass is 10.0. The van der Waals surface area contributed by atoms with Gasteiger partial charge in [-0.3, -0.25) is 0 Å². The second kappa shape index (κ2) is 6.66. The summed E-state index contributed by atoms with van der Waals surface area (Å²) in [5.41, 5.74) is 0. The highest BCUT2D eigenvalue weighted by molar-refractivity contribution is 4.73. The fraction of sp³-hybridized carbons (Fsp3) is 0.846. The average Bonchev–Trinajstić information content (AvgIpc) is 2.79. The molecule has 16 heavy (non-hydrogen) atoms. The minimum absolute atomic E-state index is 0.598. The van der Waals surface area contributed by atoms with Gasteiger partial charge in [-0.25, -0.2) is 4.68 Å². The van der Waals surface area contributed by atoms with Gasteiger partial charge in [0.1, 0.15) is 0 Å². The van der Waals surface area contributed by atoms with Crippen molar-refractivity contribution in [2.24, 2.45) is 0 Å². The summed E-state index contributed by atoms with van der Waals surface area (Å²) >= 11 is 0. The van der Waals surface area contributed by atoms with Crippen LogP contribution in [0.3, 0.4) is 0 Å². The van der Waals surface area contributed by atoms with Crippen molar-refractivity contribution in [3.8, 4) is 0 Å². The Morgan fingerprint density at radius 2 is 1.38 bits per heavy atom. The molecular weight excluding hydrogens is 198 g/mol. The normalized spacial score (nSPS) is 21.5. The predicted molar refractivity (Wildman–Crippen MR) is 65.2 cm³/mol. The lowest BCUT2D eigenvalue weighted by molar-refractivity contribution is 0.366. The van der Waals surface area contributed by atoms with E-state index in [2.05, 4.69) is 15.0 Å². The Morgan fingerprint density at radius 3 is 1.88 bits per heavy atom. The standard InChI is InChI=1S/C13H23N3/c1-2-4-6-8-10-13(9-7-5-3-1)16-12-11-14-15-16/h11-13H,1-10H2. The molecule has 1 aliphatic rings. The molecule has 0 aromatic carbocycles. The molecule has 1 aromatic rings. The van der Waals surface area contributed by atoms with E-state index in [1.807, 2.05) is 6.20 Å². The highest BCUT2D eigenvalue weighted by atomic mass is 15.4. The van der Waals surface area contributed by atoms with Gasteiger partial charge in [0.2, 0.25) is 0 Å². The Morgan fingerprint density at radius 1 is 0.812 bits per heavy atom. The van der Waals surface area contributed by atoms with Crippen LogP contribution in [0.1, 0.15) is 70.3 Å². The van der Waals surface area contributed by atoms with E-state index in [0.717, 1.165) is 0 Å². The maximum Gasteiger partial charge on any atom is 0.0693 e. The van der Waals surface area contributed by atoms with Gasteiger partial charge in [0.15, 0.2) is 0 Å². The molecule has 1 aliphatic carbocycles. The molecule has 0 unspecified atom stereocenters. The number of hydrogen-bond donors (Lipinski definition) is 0. The van der Waals surface area contributed by atoms with Crippen LogP contribution >= 0.6 is 0 Å². The van der Waals surface area contributed by atoms with E-state index in [0.29, 0.717) is 6.04 Å². The van der Waals surface area contributed by atoms with Gasteiger partial charge in [-0.2, -0.15) is 0 Å². The predicted octanol–water partition coefficient (Wildman–Crippen LogP) is 3.73. The second-order valence-corrected chi connectivity index (χ2v) is 4.94. The van der Waals surface area contributed by atoms with Crippen LogP contribution in [-0.2, 0) is 0 Å². The van der Waals surface area contributed by atoms with Gasteiger partial charge >= 0.3 is 0 Å². The Hall–Kier alpha value is -0.860. The van der Waals surface area contributed by atoms with Crippen molar-refractivity contribution in [3.63, 3.8) is 0 Å². The van der Waals surface area contributed by atoms with Crippen LogP contribution in [0.25, 0.3) is 0 Å². The summed E-state index contributed by atoms with van der Waals surface area (Å²) in [7, 11) is 0. The number of rotatable bonds is 1. The quantitative estimate of drug-likeness (QED) is 0.723. The van der Waals surface area contributed by atoms with Gasteiger partial charge in [-0.05, 0) is 12.8 Å². The Kier molecular flexibility index (Phi) is 4.84. The third-order valence-electron chi connectivity index (χ3n) is 3.64. The van der Waals surface area contributed by atoms with Crippen molar-refractivity contribution in [1.29, 1.82) is 0 Å². The zero-order chi connectivity index (χ0) is 11.1. The molecule has 0 radical (unpaired) electrons. The summed E-state index contributed by atoms with van der Waals surface area (Å²) in [6, 6.07) is 0.598. The number of nitrogens with zero attached hydrogens (tertiary/aromatic N) is 3. The van der Waals surface area contributed by atoms with Crippen molar-refractivity contribution in [3.05, 3.63) is 12.4 Å². The van der Waals surface area contributed by atoms with Crippen LogP contribution in [0.2, 0.25) is 0 Å². The first-order chi connectivity index (χ1) is 7.97. The van der Waals surface area contributed by atoms with E-state index in [-0.39, 0.29) is 0 Å². The molecule has 0 bridgehead atoms. The zero-order valence-electron chi connectivity index (χ0n) is 10.1. The van der Waals surface area contributed by atoms with Crippen LogP contribution in [0.15, 0.2) is 12.4 Å². The maximum atomic E-state index is 4.16. The summed E-state index contributed by atoms with van der Waals surface area (Å²) in [6.45, 7) is 0. The monoisotopic (exact) mass is 221 g/mol. The van der Waals surface area contributed by atoms with Gasteiger partial charge < -0.3 is 0 Å². The third kappa shape index (κ3) is 3.62. The van der Waals surface area contributed by atoms with Crippen LogP contribution in [0.4, 0.5) is 0 Å². The SMILES string of the molecule is c1cn(C2CCCCCCCCCC2)nn1. The summed E-state index contributed by atoms with van der Waals surface area (Å²) in [6.07, 6.45) is 17.6. The topological polar surface area (TPSA) is 30.7 Å². The van der Waals surface area contributed by atoms with E-state index in [1.54, 1.807) is 6.20 Å². The molecule has 1 saturated carbocycles. The molecule has 90 valence electrons. The smallest absolute Gasteiger partial charge is 0.0693 e. The zero-order valence-corrected chi connectivity index (χ0v) is 10.1. The molecule has 0 atom stereocenters. The van der Waals surface area contributed by atoms with E-state index in [4.69, 9.17) is 0 Å². The molecule has 0 N–H and O–H groups in total. The Balaban J connectivity index is 1.88. The summed E-state index contributed by atoms with van der Waals surface area (Å²) in [5.74, 6) is 0. The first-order valence-corrected chi connectivity index (χ1v) is 6.82. The molecule has 0 spiro atoms. The molecular formula is C13H23N3. The third-order valence-corrected chi connectivity index (χ3v) is 3.64. The van der Waals surface area contributed by atoms with Crippen molar-refractivity contribution >= 4 is 0 Å². The summed E-state index contributed by atoms with van der Waals surface area (Å²) < 4.78 is 2.07.